The van der Waals surface area contributed by atoms with E-state index < -0.39 is 0 Å². The van der Waals surface area contributed by atoms with Crippen LogP contribution in [0.1, 0.15) is 26.2 Å². The highest BCUT2D eigenvalue weighted by Crippen LogP contribution is 2.14. The summed E-state index contributed by atoms with van der Waals surface area (Å²) >= 11 is 0. The molecule has 14 heavy (non-hydrogen) atoms. The van der Waals surface area contributed by atoms with Gasteiger partial charge >= 0.3 is 0 Å². The van der Waals surface area contributed by atoms with E-state index >= 15 is 0 Å². The molecule has 0 aromatic heterocycles. The lowest BCUT2D eigenvalue weighted by Gasteiger charge is -2.26. The second-order valence-corrected chi connectivity index (χ2v) is 4.30. The second-order valence-electron chi connectivity index (χ2n) is 4.30. The van der Waals surface area contributed by atoms with Gasteiger partial charge in [0.1, 0.15) is 5.78 Å². The van der Waals surface area contributed by atoms with Crippen LogP contribution < -0.4 is 0 Å². The van der Waals surface area contributed by atoms with Crippen molar-refractivity contribution in [1.29, 1.82) is 0 Å². The van der Waals surface area contributed by atoms with Gasteiger partial charge in [0.15, 0.2) is 0 Å². The highest BCUT2D eigenvalue weighted by molar-refractivity contribution is 5.75. The van der Waals surface area contributed by atoms with Crippen molar-refractivity contribution < 1.29 is 9.53 Å². The van der Waals surface area contributed by atoms with Crippen molar-refractivity contribution >= 4 is 5.78 Å². The van der Waals surface area contributed by atoms with Gasteiger partial charge in [0, 0.05) is 26.1 Å². The summed E-state index contributed by atoms with van der Waals surface area (Å²) in [5.74, 6) is 0.942. The molecule has 0 radical (unpaired) electrons. The lowest BCUT2D eigenvalue weighted by Crippen LogP contribution is -2.32. The molecule has 0 amide bonds. The summed E-state index contributed by atoms with van der Waals surface area (Å²) in [7, 11) is 2.08. The number of Topliss-reactive ketones (excluding diaryl/α,β-unsaturated/α-hetero) is 1. The molecule has 0 aromatic rings. The average molecular weight is 199 g/mol. The molecule has 0 aliphatic carbocycles. The Hall–Kier alpha value is -0.410. The number of ketones is 1. The Balaban J connectivity index is 2.11. The lowest BCUT2D eigenvalue weighted by molar-refractivity contribution is -0.117. The standard InChI is InChI=1S/C11H21NO2/c1-10(13)5-6-12(2)8-11-4-3-7-14-9-11/h11H,3-9H2,1-2H3. The molecule has 1 atom stereocenters. The van der Waals surface area contributed by atoms with E-state index in [1.54, 1.807) is 6.92 Å². The summed E-state index contributed by atoms with van der Waals surface area (Å²) in [5.41, 5.74) is 0. The van der Waals surface area contributed by atoms with E-state index in [0.717, 1.165) is 26.3 Å². The third-order valence-electron chi connectivity index (χ3n) is 2.67. The SMILES string of the molecule is CC(=O)CCN(C)CC1CCCOC1. The first kappa shape index (κ1) is 11.7. The monoisotopic (exact) mass is 199 g/mol. The summed E-state index contributed by atoms with van der Waals surface area (Å²) in [6, 6.07) is 0. The summed E-state index contributed by atoms with van der Waals surface area (Å²) < 4.78 is 5.41. The molecular weight excluding hydrogens is 178 g/mol. The van der Waals surface area contributed by atoms with Gasteiger partial charge in [0.2, 0.25) is 0 Å². The van der Waals surface area contributed by atoms with Crippen molar-refractivity contribution in [1.82, 2.24) is 4.90 Å². The minimum atomic E-state index is 0.275. The van der Waals surface area contributed by atoms with Crippen LogP contribution in [0.4, 0.5) is 0 Å². The molecule has 1 saturated heterocycles. The van der Waals surface area contributed by atoms with Gasteiger partial charge in [-0.05, 0) is 32.7 Å². The number of hydrogen-bond acceptors (Lipinski definition) is 3. The highest BCUT2D eigenvalue weighted by Gasteiger charge is 2.15. The van der Waals surface area contributed by atoms with Gasteiger partial charge in [0.25, 0.3) is 0 Å². The zero-order valence-corrected chi connectivity index (χ0v) is 9.29. The van der Waals surface area contributed by atoms with Crippen LogP contribution in [0, 0.1) is 5.92 Å². The van der Waals surface area contributed by atoms with Crippen LogP contribution in [0.5, 0.6) is 0 Å². The van der Waals surface area contributed by atoms with Gasteiger partial charge in [-0.1, -0.05) is 0 Å². The molecule has 1 rings (SSSR count). The molecule has 3 heteroatoms. The summed E-state index contributed by atoms with van der Waals surface area (Å²) in [6.07, 6.45) is 3.12. The van der Waals surface area contributed by atoms with Gasteiger partial charge < -0.3 is 9.64 Å². The molecule has 0 bridgehead atoms. The first-order valence-electron chi connectivity index (χ1n) is 5.44. The predicted molar refractivity (Wildman–Crippen MR) is 56.3 cm³/mol. The van der Waals surface area contributed by atoms with Crippen LogP contribution in [-0.2, 0) is 9.53 Å². The Morgan fingerprint density at radius 2 is 2.36 bits per heavy atom. The van der Waals surface area contributed by atoms with Gasteiger partial charge in [-0.25, -0.2) is 0 Å². The van der Waals surface area contributed by atoms with Gasteiger partial charge in [0.05, 0.1) is 6.61 Å². The van der Waals surface area contributed by atoms with E-state index in [4.69, 9.17) is 4.74 Å². The number of hydrogen-bond donors (Lipinski definition) is 0. The van der Waals surface area contributed by atoms with Crippen LogP contribution in [0.3, 0.4) is 0 Å². The molecule has 3 nitrogen and oxygen atoms in total. The molecule has 82 valence electrons. The number of rotatable bonds is 5. The quantitative estimate of drug-likeness (QED) is 0.669. The smallest absolute Gasteiger partial charge is 0.131 e. The zero-order valence-electron chi connectivity index (χ0n) is 9.29. The Morgan fingerprint density at radius 3 is 2.93 bits per heavy atom. The van der Waals surface area contributed by atoms with E-state index in [0.29, 0.717) is 12.3 Å². The Morgan fingerprint density at radius 1 is 1.57 bits per heavy atom. The van der Waals surface area contributed by atoms with E-state index in [2.05, 4.69) is 11.9 Å². The van der Waals surface area contributed by atoms with Crippen LogP contribution in [0.15, 0.2) is 0 Å². The van der Waals surface area contributed by atoms with Crippen molar-refractivity contribution in [3.63, 3.8) is 0 Å². The van der Waals surface area contributed by atoms with Gasteiger partial charge in [-0.15, -0.1) is 0 Å². The normalized spacial score (nSPS) is 22.6. The molecular formula is C11H21NO2. The largest absolute Gasteiger partial charge is 0.381 e. The maximum atomic E-state index is 10.8. The fourth-order valence-corrected chi connectivity index (χ4v) is 1.83. The van der Waals surface area contributed by atoms with Crippen LogP contribution in [-0.4, -0.2) is 44.0 Å². The second kappa shape index (κ2) is 6.14. The van der Waals surface area contributed by atoms with Crippen LogP contribution in [0.2, 0.25) is 0 Å². The summed E-state index contributed by atoms with van der Waals surface area (Å²) in [5, 5.41) is 0. The first-order chi connectivity index (χ1) is 6.68. The van der Waals surface area contributed by atoms with Crippen molar-refractivity contribution in [2.75, 3.05) is 33.4 Å². The Bertz CT molecular complexity index is 176. The maximum Gasteiger partial charge on any atom is 0.131 e. The van der Waals surface area contributed by atoms with Crippen molar-refractivity contribution in [3.8, 4) is 0 Å². The number of carbonyl (C=O) groups is 1. The minimum Gasteiger partial charge on any atom is -0.381 e. The zero-order chi connectivity index (χ0) is 10.4. The molecule has 1 aliphatic heterocycles. The Labute approximate surface area is 86.4 Å². The maximum absolute atomic E-state index is 10.8. The first-order valence-corrected chi connectivity index (χ1v) is 5.44. The topological polar surface area (TPSA) is 29.5 Å². The third kappa shape index (κ3) is 4.72. The van der Waals surface area contributed by atoms with Crippen molar-refractivity contribution in [2.24, 2.45) is 5.92 Å². The Kier molecular flexibility index (Phi) is 5.12. The van der Waals surface area contributed by atoms with E-state index in [1.165, 1.54) is 12.8 Å². The lowest BCUT2D eigenvalue weighted by atomic mass is 10.0. The van der Waals surface area contributed by atoms with Crippen LogP contribution in [0.25, 0.3) is 0 Å². The number of nitrogens with zero attached hydrogens (tertiary/aromatic N) is 1. The van der Waals surface area contributed by atoms with Gasteiger partial charge in [-0.2, -0.15) is 0 Å². The molecule has 0 N–H and O–H groups in total. The molecule has 0 spiro atoms. The molecule has 1 heterocycles. The van der Waals surface area contributed by atoms with E-state index in [1.807, 2.05) is 0 Å². The van der Waals surface area contributed by atoms with E-state index in [9.17, 15) is 4.79 Å². The molecule has 0 aromatic carbocycles. The molecule has 1 unspecified atom stereocenters. The fourth-order valence-electron chi connectivity index (χ4n) is 1.83. The molecule has 1 aliphatic rings. The van der Waals surface area contributed by atoms with Gasteiger partial charge in [-0.3, -0.25) is 4.79 Å². The van der Waals surface area contributed by atoms with Crippen molar-refractivity contribution in [2.45, 2.75) is 26.2 Å². The van der Waals surface area contributed by atoms with Crippen molar-refractivity contribution in [3.05, 3.63) is 0 Å². The average Bonchev–Trinajstić information content (AvgIpc) is 2.16. The minimum absolute atomic E-state index is 0.275. The number of ether oxygens (including phenoxy) is 1. The number of carbonyl (C=O) groups excluding carboxylic acids is 1. The highest BCUT2D eigenvalue weighted by atomic mass is 16.5. The summed E-state index contributed by atoms with van der Waals surface area (Å²) in [6.45, 7) is 5.41. The van der Waals surface area contributed by atoms with Crippen LogP contribution >= 0.6 is 0 Å². The third-order valence-corrected chi connectivity index (χ3v) is 2.67. The molecule has 1 fully saturated rings. The van der Waals surface area contributed by atoms with E-state index in [-0.39, 0.29) is 5.78 Å². The molecule has 0 saturated carbocycles. The predicted octanol–water partition coefficient (Wildman–Crippen LogP) is 1.32. The summed E-state index contributed by atoms with van der Waals surface area (Å²) in [4.78, 5) is 13.0. The fraction of sp³-hybridized carbons (Fsp3) is 0.909.